The van der Waals surface area contributed by atoms with Crippen molar-refractivity contribution in [3.8, 4) is 0 Å². The van der Waals surface area contributed by atoms with E-state index in [2.05, 4.69) is 0 Å². The number of carbonyl (C=O) groups excluding carboxylic acids is 1. The van der Waals surface area contributed by atoms with E-state index in [1.54, 1.807) is 18.2 Å². The van der Waals surface area contributed by atoms with Crippen molar-refractivity contribution < 1.29 is 27.4 Å². The molecule has 0 atom stereocenters. The summed E-state index contributed by atoms with van der Waals surface area (Å²) in [5.74, 6) is 0.0388. The van der Waals surface area contributed by atoms with Gasteiger partial charge >= 0.3 is 12.1 Å². The summed E-state index contributed by atoms with van der Waals surface area (Å²) in [6.45, 7) is 0. The molecule has 0 heterocycles. The average Bonchev–Trinajstić information content (AvgIpc) is 2.76. The van der Waals surface area contributed by atoms with E-state index in [0.717, 1.165) is 12.1 Å². The average molecular weight is 324 g/mol. The molecule has 0 radical (unpaired) electrons. The van der Waals surface area contributed by atoms with Gasteiger partial charge in [0.25, 0.3) is 0 Å². The molecular weight excluding hydrogens is 309 g/mol. The molecule has 0 unspecified atom stereocenters. The van der Waals surface area contributed by atoms with Crippen LogP contribution >= 0.6 is 0 Å². The van der Waals surface area contributed by atoms with Gasteiger partial charge in [0, 0.05) is 6.42 Å². The third-order valence-electron chi connectivity index (χ3n) is 3.45. The zero-order chi connectivity index (χ0) is 17.0. The maximum Gasteiger partial charge on any atom is 0.416 e. The van der Waals surface area contributed by atoms with Crippen LogP contribution in [0.4, 0.5) is 13.2 Å². The number of esters is 1. The summed E-state index contributed by atoms with van der Waals surface area (Å²) in [7, 11) is 2.75. The lowest BCUT2D eigenvalue weighted by Gasteiger charge is -2.14. The minimum absolute atomic E-state index is 0.277. The first-order chi connectivity index (χ1) is 10.9. The van der Waals surface area contributed by atoms with Crippen molar-refractivity contribution >= 4 is 11.5 Å². The maximum absolute atomic E-state index is 12.7. The largest absolute Gasteiger partial charge is 0.501 e. The molecule has 2 rings (SSSR count). The van der Waals surface area contributed by atoms with Crippen molar-refractivity contribution in [3.05, 3.63) is 65.0 Å². The lowest BCUT2D eigenvalue weighted by Crippen LogP contribution is -2.07. The zero-order valence-corrected chi connectivity index (χ0v) is 12.6. The molecule has 0 saturated carbocycles. The van der Waals surface area contributed by atoms with E-state index in [1.807, 2.05) is 0 Å². The smallest absolute Gasteiger partial charge is 0.416 e. The molecule has 122 valence electrons. The van der Waals surface area contributed by atoms with Gasteiger partial charge in [0.15, 0.2) is 0 Å². The van der Waals surface area contributed by atoms with E-state index in [-0.39, 0.29) is 12.0 Å². The minimum Gasteiger partial charge on any atom is -0.501 e. The molecule has 1 aromatic carbocycles. The highest BCUT2D eigenvalue weighted by Gasteiger charge is 2.30. The number of alkyl halides is 3. The van der Waals surface area contributed by atoms with Gasteiger partial charge in [-0.1, -0.05) is 18.2 Å². The topological polar surface area (TPSA) is 35.5 Å². The number of methoxy groups -OCH3 is 2. The normalized spacial score (nSPS) is 15.1. The number of allylic oxidation sites excluding steroid dienone is 3. The third kappa shape index (κ3) is 3.83. The number of hydrogen-bond donors (Lipinski definition) is 0. The summed E-state index contributed by atoms with van der Waals surface area (Å²) in [4.78, 5) is 11.9. The first kappa shape index (κ1) is 16.9. The van der Waals surface area contributed by atoms with Crippen molar-refractivity contribution in [2.75, 3.05) is 14.2 Å². The van der Waals surface area contributed by atoms with E-state index in [0.29, 0.717) is 16.9 Å². The summed E-state index contributed by atoms with van der Waals surface area (Å²) in [6, 6.07) is 4.66. The fraction of sp³-hybridized carbons (Fsp3) is 0.235. The molecule has 3 nitrogen and oxygen atoms in total. The van der Waals surface area contributed by atoms with E-state index >= 15 is 0 Å². The van der Waals surface area contributed by atoms with Crippen LogP contribution in [0.1, 0.15) is 17.5 Å². The van der Waals surface area contributed by atoms with E-state index in [9.17, 15) is 18.0 Å². The molecule has 0 fully saturated rings. The van der Waals surface area contributed by atoms with Gasteiger partial charge in [0.05, 0.1) is 31.1 Å². The highest BCUT2D eigenvalue weighted by molar-refractivity contribution is 6.01. The van der Waals surface area contributed by atoms with Crippen molar-refractivity contribution in [1.29, 1.82) is 0 Å². The lowest BCUT2D eigenvalue weighted by molar-refractivity contribution is -0.137. The second-order valence-electron chi connectivity index (χ2n) is 4.83. The van der Waals surface area contributed by atoms with Crippen LogP contribution in [0.25, 0.3) is 5.57 Å². The summed E-state index contributed by atoms with van der Waals surface area (Å²) >= 11 is 0. The van der Waals surface area contributed by atoms with Gasteiger partial charge in [-0.15, -0.1) is 0 Å². The Morgan fingerprint density at radius 2 is 1.78 bits per heavy atom. The zero-order valence-electron chi connectivity index (χ0n) is 12.6. The third-order valence-corrected chi connectivity index (χ3v) is 3.45. The van der Waals surface area contributed by atoms with Gasteiger partial charge in [0.2, 0.25) is 0 Å². The molecule has 6 heteroatoms. The summed E-state index contributed by atoms with van der Waals surface area (Å²) in [5.41, 5.74) is 0.601. The monoisotopic (exact) mass is 324 g/mol. The second-order valence-corrected chi connectivity index (χ2v) is 4.83. The lowest BCUT2D eigenvalue weighted by atomic mass is 9.95. The van der Waals surface area contributed by atoms with Gasteiger partial charge in [-0.25, -0.2) is 4.79 Å². The van der Waals surface area contributed by atoms with Gasteiger partial charge in [0.1, 0.15) is 0 Å². The Labute approximate surface area is 131 Å². The highest BCUT2D eigenvalue weighted by atomic mass is 19.4. The Balaban J connectivity index is 2.50. The number of ether oxygens (including phenoxy) is 2. The van der Waals surface area contributed by atoms with Crippen LogP contribution in [-0.4, -0.2) is 20.2 Å². The number of rotatable bonds is 3. The fourth-order valence-electron chi connectivity index (χ4n) is 2.24. The first-order valence-electron chi connectivity index (χ1n) is 6.77. The number of halogens is 3. The van der Waals surface area contributed by atoms with Gasteiger partial charge in [-0.05, 0) is 35.4 Å². The van der Waals surface area contributed by atoms with E-state index in [4.69, 9.17) is 9.47 Å². The Hall–Kier alpha value is -2.50. The van der Waals surface area contributed by atoms with Gasteiger partial charge in [-0.3, -0.25) is 0 Å². The van der Waals surface area contributed by atoms with Crippen molar-refractivity contribution in [3.63, 3.8) is 0 Å². The Kier molecular flexibility index (Phi) is 4.93. The molecule has 0 aromatic heterocycles. The van der Waals surface area contributed by atoms with E-state index in [1.165, 1.54) is 26.4 Å². The van der Waals surface area contributed by atoms with Crippen LogP contribution in [0.5, 0.6) is 0 Å². The Morgan fingerprint density at radius 3 is 2.30 bits per heavy atom. The van der Waals surface area contributed by atoms with Crippen LogP contribution in [0.2, 0.25) is 0 Å². The summed E-state index contributed by atoms with van der Waals surface area (Å²) in [5, 5.41) is 0. The molecule has 0 aliphatic heterocycles. The van der Waals surface area contributed by atoms with Crippen molar-refractivity contribution in [1.82, 2.24) is 0 Å². The molecule has 1 aliphatic rings. The Morgan fingerprint density at radius 1 is 1.13 bits per heavy atom. The SMILES string of the molecule is COC(=O)C1=C(c2ccc(C(F)(F)F)cc2)CC(OC)=CC=C1. The molecule has 0 N–H and O–H groups in total. The predicted molar refractivity (Wildman–Crippen MR) is 79.2 cm³/mol. The van der Waals surface area contributed by atoms with Crippen LogP contribution in [0.15, 0.2) is 53.8 Å². The molecule has 1 aliphatic carbocycles. The van der Waals surface area contributed by atoms with Crippen LogP contribution < -0.4 is 0 Å². The minimum atomic E-state index is -4.40. The molecule has 0 saturated heterocycles. The van der Waals surface area contributed by atoms with Crippen molar-refractivity contribution in [2.45, 2.75) is 12.6 Å². The standard InChI is InChI=1S/C17H15F3O3/c1-22-13-4-3-5-14(16(21)23-2)15(10-13)11-6-8-12(9-7-11)17(18,19)20/h3-9H,10H2,1-2H3. The summed E-state index contributed by atoms with van der Waals surface area (Å²) in [6.07, 6.45) is 0.769. The molecule has 0 bridgehead atoms. The Bertz CT molecular complexity index is 680. The van der Waals surface area contributed by atoms with Crippen LogP contribution in [0, 0.1) is 0 Å². The molecule has 1 aromatic rings. The van der Waals surface area contributed by atoms with Crippen LogP contribution in [-0.2, 0) is 20.4 Å². The first-order valence-corrected chi connectivity index (χ1v) is 6.77. The fourth-order valence-corrected chi connectivity index (χ4v) is 2.24. The number of hydrogen-bond acceptors (Lipinski definition) is 3. The number of carbonyl (C=O) groups is 1. The van der Waals surface area contributed by atoms with E-state index < -0.39 is 17.7 Å². The van der Waals surface area contributed by atoms with Gasteiger partial charge in [-0.2, -0.15) is 13.2 Å². The summed E-state index contributed by atoms with van der Waals surface area (Å²) < 4.78 is 48.0. The molecule has 0 spiro atoms. The quantitative estimate of drug-likeness (QED) is 0.785. The highest BCUT2D eigenvalue weighted by Crippen LogP contribution is 2.33. The van der Waals surface area contributed by atoms with Crippen LogP contribution in [0.3, 0.4) is 0 Å². The molecule has 23 heavy (non-hydrogen) atoms. The van der Waals surface area contributed by atoms with Gasteiger partial charge < -0.3 is 9.47 Å². The van der Waals surface area contributed by atoms with Crippen molar-refractivity contribution in [2.24, 2.45) is 0 Å². The predicted octanol–water partition coefficient (Wildman–Crippen LogP) is 4.12. The second kappa shape index (κ2) is 6.73. The number of benzene rings is 1. The molecular formula is C17H15F3O3. The molecule has 0 amide bonds. The maximum atomic E-state index is 12.7.